The Morgan fingerprint density at radius 3 is 2.95 bits per heavy atom. The quantitative estimate of drug-likeness (QED) is 0.612. The molecule has 8 heteroatoms. The Balaban J connectivity index is 1.88. The normalized spacial score (nSPS) is 20.5. The number of morpholine rings is 1. The molecule has 0 amide bonds. The first-order valence-electron chi connectivity index (χ1n) is 6.68. The molecule has 0 saturated carbocycles. The van der Waals surface area contributed by atoms with Crippen molar-refractivity contribution in [3.05, 3.63) is 21.3 Å². The van der Waals surface area contributed by atoms with Crippen LogP contribution in [0.3, 0.4) is 0 Å². The van der Waals surface area contributed by atoms with Crippen molar-refractivity contribution < 1.29 is 9.66 Å². The minimum Gasteiger partial charge on any atom is -0.375 e. The molecule has 1 aliphatic rings. The van der Waals surface area contributed by atoms with Crippen LogP contribution in [0.15, 0.2) is 6.20 Å². The van der Waals surface area contributed by atoms with E-state index in [1.165, 1.54) is 10.9 Å². The topological polar surface area (TPSA) is 73.4 Å². The molecule has 0 aliphatic carbocycles. The summed E-state index contributed by atoms with van der Waals surface area (Å²) in [6, 6.07) is 0. The van der Waals surface area contributed by atoms with E-state index in [4.69, 9.17) is 16.3 Å². The van der Waals surface area contributed by atoms with Gasteiger partial charge in [0.2, 0.25) is 0 Å². The maximum atomic E-state index is 10.7. The first kappa shape index (κ1) is 15.2. The lowest BCUT2D eigenvalue weighted by atomic mass is 10.1. The summed E-state index contributed by atoms with van der Waals surface area (Å²) in [6.45, 7) is 8.13. The molecule has 2 rings (SSSR count). The van der Waals surface area contributed by atoms with Gasteiger partial charge >= 0.3 is 5.82 Å². The van der Waals surface area contributed by atoms with Crippen molar-refractivity contribution in [2.24, 2.45) is 5.92 Å². The van der Waals surface area contributed by atoms with Crippen LogP contribution in [0.1, 0.15) is 13.8 Å². The van der Waals surface area contributed by atoms with Crippen LogP contribution in [0.4, 0.5) is 5.82 Å². The van der Waals surface area contributed by atoms with Gasteiger partial charge in [0.05, 0.1) is 30.6 Å². The highest BCUT2D eigenvalue weighted by Gasteiger charge is 2.24. The van der Waals surface area contributed by atoms with E-state index in [2.05, 4.69) is 23.8 Å². The van der Waals surface area contributed by atoms with Gasteiger partial charge in [-0.05, 0) is 10.8 Å². The van der Waals surface area contributed by atoms with Crippen molar-refractivity contribution in [3.63, 3.8) is 0 Å². The molecule has 1 aromatic rings. The lowest BCUT2D eigenvalue weighted by molar-refractivity contribution is -0.389. The van der Waals surface area contributed by atoms with Gasteiger partial charge in [0, 0.05) is 19.6 Å². The van der Waals surface area contributed by atoms with Crippen LogP contribution in [0.25, 0.3) is 0 Å². The molecule has 2 heterocycles. The first-order valence-corrected chi connectivity index (χ1v) is 7.06. The van der Waals surface area contributed by atoms with Crippen molar-refractivity contribution in [1.82, 2.24) is 14.7 Å². The fourth-order valence-electron chi connectivity index (χ4n) is 2.21. The van der Waals surface area contributed by atoms with Crippen molar-refractivity contribution >= 4 is 17.4 Å². The van der Waals surface area contributed by atoms with Gasteiger partial charge in [-0.25, -0.2) is 0 Å². The zero-order chi connectivity index (χ0) is 14.7. The molecular formula is C12H19ClN4O3. The molecule has 1 saturated heterocycles. The minimum atomic E-state index is -0.567. The molecule has 1 aromatic heterocycles. The molecule has 0 N–H and O–H groups in total. The zero-order valence-corrected chi connectivity index (χ0v) is 12.4. The van der Waals surface area contributed by atoms with Gasteiger partial charge in [-0.1, -0.05) is 25.4 Å². The van der Waals surface area contributed by atoms with Crippen LogP contribution < -0.4 is 0 Å². The van der Waals surface area contributed by atoms with Crippen molar-refractivity contribution in [2.45, 2.75) is 26.5 Å². The van der Waals surface area contributed by atoms with Crippen LogP contribution in [0, 0.1) is 16.0 Å². The van der Waals surface area contributed by atoms with Crippen LogP contribution in [-0.4, -0.2) is 51.9 Å². The van der Waals surface area contributed by atoms with Gasteiger partial charge in [-0.2, -0.15) is 4.68 Å². The second-order valence-electron chi connectivity index (χ2n) is 5.27. The van der Waals surface area contributed by atoms with E-state index in [0.29, 0.717) is 12.5 Å². The average Bonchev–Trinajstić information content (AvgIpc) is 2.78. The van der Waals surface area contributed by atoms with Gasteiger partial charge in [0.1, 0.15) is 0 Å². The molecule has 1 atom stereocenters. The van der Waals surface area contributed by atoms with Crippen LogP contribution in [-0.2, 0) is 11.3 Å². The van der Waals surface area contributed by atoms with Gasteiger partial charge < -0.3 is 14.9 Å². The summed E-state index contributed by atoms with van der Waals surface area (Å²) >= 11 is 5.77. The molecule has 1 aliphatic heterocycles. The highest BCUT2D eigenvalue weighted by Crippen LogP contribution is 2.21. The summed E-state index contributed by atoms with van der Waals surface area (Å²) in [4.78, 5) is 12.4. The standard InChI is InChI=1S/C12H19ClN4O3/c1-9(2)11-8-15(5-6-20-11)3-4-16-7-10(13)12(14-16)17(18)19/h7,9,11H,3-6,8H2,1-2H3. The second kappa shape index (κ2) is 6.51. The number of nitrogens with zero attached hydrogens (tertiary/aromatic N) is 4. The number of hydrogen-bond acceptors (Lipinski definition) is 5. The van der Waals surface area contributed by atoms with Crippen molar-refractivity contribution in [1.29, 1.82) is 0 Å². The summed E-state index contributed by atoms with van der Waals surface area (Å²) in [5.74, 6) is 0.201. The van der Waals surface area contributed by atoms with E-state index in [1.54, 1.807) is 0 Å². The summed E-state index contributed by atoms with van der Waals surface area (Å²) in [7, 11) is 0. The number of nitro groups is 1. The molecule has 0 radical (unpaired) electrons. The Bertz CT molecular complexity index is 477. The van der Waals surface area contributed by atoms with Crippen LogP contribution in [0.5, 0.6) is 0 Å². The number of aromatic nitrogens is 2. The molecule has 0 spiro atoms. The lowest BCUT2D eigenvalue weighted by Gasteiger charge is -2.34. The molecule has 1 fully saturated rings. The fourth-order valence-corrected chi connectivity index (χ4v) is 2.43. The van der Waals surface area contributed by atoms with Gasteiger partial charge in [-0.15, -0.1) is 0 Å². The maximum absolute atomic E-state index is 10.7. The van der Waals surface area contributed by atoms with Crippen LogP contribution in [0.2, 0.25) is 5.02 Å². The highest BCUT2D eigenvalue weighted by atomic mass is 35.5. The third kappa shape index (κ3) is 3.68. The number of halogens is 1. The molecule has 7 nitrogen and oxygen atoms in total. The summed E-state index contributed by atoms with van der Waals surface area (Å²) in [6.07, 6.45) is 1.75. The highest BCUT2D eigenvalue weighted by molar-refractivity contribution is 6.32. The maximum Gasteiger partial charge on any atom is 0.408 e. The van der Waals surface area contributed by atoms with Crippen molar-refractivity contribution in [3.8, 4) is 0 Å². The Labute approximate surface area is 122 Å². The van der Waals surface area contributed by atoms with E-state index in [0.717, 1.165) is 26.2 Å². The molecule has 0 bridgehead atoms. The Morgan fingerprint density at radius 2 is 2.35 bits per heavy atom. The smallest absolute Gasteiger partial charge is 0.375 e. The zero-order valence-electron chi connectivity index (χ0n) is 11.7. The third-order valence-electron chi connectivity index (χ3n) is 3.44. The molecule has 20 heavy (non-hydrogen) atoms. The summed E-state index contributed by atoms with van der Waals surface area (Å²) < 4.78 is 7.23. The molecule has 0 aromatic carbocycles. The van der Waals surface area contributed by atoms with E-state index in [-0.39, 0.29) is 16.9 Å². The van der Waals surface area contributed by atoms with Gasteiger partial charge in [0.25, 0.3) is 0 Å². The van der Waals surface area contributed by atoms with E-state index in [1.807, 2.05) is 0 Å². The molecule has 112 valence electrons. The summed E-state index contributed by atoms with van der Waals surface area (Å²) in [5, 5.41) is 14.6. The van der Waals surface area contributed by atoms with Gasteiger partial charge in [-0.3, -0.25) is 4.90 Å². The number of ether oxygens (including phenoxy) is 1. The Kier molecular flexibility index (Phi) is 4.95. The molecule has 1 unspecified atom stereocenters. The average molecular weight is 303 g/mol. The monoisotopic (exact) mass is 302 g/mol. The van der Waals surface area contributed by atoms with E-state index in [9.17, 15) is 10.1 Å². The lowest BCUT2D eigenvalue weighted by Crippen LogP contribution is -2.45. The summed E-state index contributed by atoms with van der Waals surface area (Å²) in [5.41, 5.74) is 0. The van der Waals surface area contributed by atoms with E-state index >= 15 is 0 Å². The molecular weight excluding hydrogens is 284 g/mol. The van der Waals surface area contributed by atoms with Crippen molar-refractivity contribution in [2.75, 3.05) is 26.2 Å². The second-order valence-corrected chi connectivity index (χ2v) is 5.68. The number of rotatable bonds is 5. The number of hydrogen-bond donors (Lipinski definition) is 0. The Morgan fingerprint density at radius 1 is 1.60 bits per heavy atom. The van der Waals surface area contributed by atoms with Crippen LogP contribution >= 0.6 is 11.6 Å². The van der Waals surface area contributed by atoms with Gasteiger partial charge in [0.15, 0.2) is 5.02 Å². The van der Waals surface area contributed by atoms with E-state index < -0.39 is 4.92 Å². The predicted octanol–water partition coefficient (Wildman–Crippen LogP) is 1.80. The minimum absolute atomic E-state index is 0.0806. The first-order chi connectivity index (χ1) is 9.47. The largest absolute Gasteiger partial charge is 0.408 e. The third-order valence-corrected chi connectivity index (χ3v) is 3.71. The predicted molar refractivity (Wildman–Crippen MR) is 74.9 cm³/mol. The fraction of sp³-hybridized carbons (Fsp3) is 0.750. The Hall–Kier alpha value is -1.18. The SMILES string of the molecule is CC(C)C1CN(CCn2cc(Cl)c([N+](=O)[O-])n2)CCO1.